The third kappa shape index (κ3) is 2.99. The number of carbonyl (C=O) groups is 1. The van der Waals surface area contributed by atoms with Gasteiger partial charge in [0.2, 0.25) is 0 Å². The largest absolute Gasteiger partial charge is 0.350 e. The SMILES string of the molecule is NC(=O)NN=C[C@H]1CCCN1. The Morgan fingerprint density at radius 3 is 3.18 bits per heavy atom. The van der Waals surface area contributed by atoms with Crippen LogP contribution in [0.3, 0.4) is 0 Å². The molecule has 0 aromatic rings. The third-order valence-electron chi connectivity index (χ3n) is 1.53. The molecular weight excluding hydrogens is 144 g/mol. The van der Waals surface area contributed by atoms with Crippen LogP contribution >= 0.6 is 0 Å². The van der Waals surface area contributed by atoms with Gasteiger partial charge in [-0.15, -0.1) is 0 Å². The van der Waals surface area contributed by atoms with Gasteiger partial charge in [0.05, 0.1) is 0 Å². The maximum Gasteiger partial charge on any atom is 0.332 e. The zero-order chi connectivity index (χ0) is 8.10. The first-order valence-electron chi connectivity index (χ1n) is 3.61. The second-order valence-electron chi connectivity index (χ2n) is 2.46. The molecule has 4 N–H and O–H groups in total. The Hall–Kier alpha value is -1.10. The minimum absolute atomic E-state index is 0.293. The molecule has 0 saturated carbocycles. The molecule has 5 heteroatoms. The van der Waals surface area contributed by atoms with Gasteiger partial charge >= 0.3 is 6.03 Å². The minimum Gasteiger partial charge on any atom is -0.350 e. The van der Waals surface area contributed by atoms with Crippen LogP contribution in [0, 0.1) is 0 Å². The highest BCUT2D eigenvalue weighted by Crippen LogP contribution is 2.01. The van der Waals surface area contributed by atoms with Crippen LogP contribution in [-0.4, -0.2) is 24.8 Å². The van der Waals surface area contributed by atoms with Gasteiger partial charge in [-0.2, -0.15) is 5.10 Å². The first-order valence-corrected chi connectivity index (χ1v) is 3.61. The average molecular weight is 156 g/mol. The number of nitrogens with one attached hydrogen (secondary N) is 2. The Balaban J connectivity index is 2.17. The van der Waals surface area contributed by atoms with Crippen molar-refractivity contribution in [3.63, 3.8) is 0 Å². The zero-order valence-electron chi connectivity index (χ0n) is 6.21. The number of primary amides is 1. The van der Waals surface area contributed by atoms with E-state index in [0.29, 0.717) is 6.04 Å². The van der Waals surface area contributed by atoms with Crippen LogP contribution in [0.15, 0.2) is 5.10 Å². The molecule has 0 radical (unpaired) electrons. The number of carbonyl (C=O) groups excluding carboxylic acids is 1. The molecule has 1 saturated heterocycles. The lowest BCUT2D eigenvalue weighted by Gasteiger charge is -2.00. The van der Waals surface area contributed by atoms with Crippen molar-refractivity contribution < 1.29 is 4.79 Å². The van der Waals surface area contributed by atoms with Crippen molar-refractivity contribution in [2.45, 2.75) is 18.9 Å². The van der Waals surface area contributed by atoms with E-state index in [-0.39, 0.29) is 0 Å². The van der Waals surface area contributed by atoms with Gasteiger partial charge in [0.1, 0.15) is 0 Å². The number of nitrogens with zero attached hydrogens (tertiary/aromatic N) is 1. The van der Waals surface area contributed by atoms with E-state index in [9.17, 15) is 4.79 Å². The minimum atomic E-state index is -0.626. The van der Waals surface area contributed by atoms with Crippen LogP contribution in [0.2, 0.25) is 0 Å². The highest BCUT2D eigenvalue weighted by molar-refractivity contribution is 5.73. The van der Waals surface area contributed by atoms with E-state index in [1.165, 1.54) is 0 Å². The van der Waals surface area contributed by atoms with Crippen LogP contribution in [0.25, 0.3) is 0 Å². The molecular formula is C6H12N4O. The first kappa shape index (κ1) is 8.00. The smallest absolute Gasteiger partial charge is 0.332 e. The molecule has 62 valence electrons. The number of rotatable bonds is 2. The fourth-order valence-corrected chi connectivity index (χ4v) is 1.03. The number of hydrogen-bond acceptors (Lipinski definition) is 3. The molecule has 1 rings (SSSR count). The molecule has 5 nitrogen and oxygen atoms in total. The van der Waals surface area contributed by atoms with Crippen molar-refractivity contribution >= 4 is 12.2 Å². The Kier molecular flexibility index (Phi) is 2.85. The molecule has 1 fully saturated rings. The highest BCUT2D eigenvalue weighted by Gasteiger charge is 2.10. The molecule has 0 spiro atoms. The van der Waals surface area contributed by atoms with Crippen LogP contribution in [-0.2, 0) is 0 Å². The van der Waals surface area contributed by atoms with Crippen molar-refractivity contribution in [3.05, 3.63) is 0 Å². The van der Waals surface area contributed by atoms with Gasteiger partial charge < -0.3 is 11.1 Å². The molecule has 0 aromatic carbocycles. The molecule has 1 atom stereocenters. The molecule has 0 aliphatic carbocycles. The van der Waals surface area contributed by atoms with E-state index in [1.54, 1.807) is 6.21 Å². The highest BCUT2D eigenvalue weighted by atomic mass is 16.2. The summed E-state index contributed by atoms with van der Waals surface area (Å²) in [6.07, 6.45) is 3.90. The Bertz CT molecular complexity index is 162. The van der Waals surface area contributed by atoms with Gasteiger partial charge in [0.15, 0.2) is 0 Å². The number of hydrogen-bond donors (Lipinski definition) is 3. The van der Waals surface area contributed by atoms with E-state index >= 15 is 0 Å². The second kappa shape index (κ2) is 3.92. The molecule has 11 heavy (non-hydrogen) atoms. The van der Waals surface area contributed by atoms with E-state index < -0.39 is 6.03 Å². The molecule has 1 aliphatic heterocycles. The number of hydrazone groups is 1. The Morgan fingerprint density at radius 2 is 2.64 bits per heavy atom. The summed E-state index contributed by atoms with van der Waals surface area (Å²) in [6, 6.07) is -0.332. The summed E-state index contributed by atoms with van der Waals surface area (Å²) in [6.45, 7) is 1.02. The van der Waals surface area contributed by atoms with Gasteiger partial charge in [0, 0.05) is 12.3 Å². The van der Waals surface area contributed by atoms with Crippen molar-refractivity contribution in [2.75, 3.05) is 6.54 Å². The van der Waals surface area contributed by atoms with Gasteiger partial charge in [-0.1, -0.05) is 0 Å². The first-order chi connectivity index (χ1) is 5.29. The predicted octanol–water partition coefficient (Wildman–Crippen LogP) is -0.608. The van der Waals surface area contributed by atoms with Gasteiger partial charge in [-0.3, -0.25) is 0 Å². The van der Waals surface area contributed by atoms with Crippen LogP contribution in [0.1, 0.15) is 12.8 Å². The molecule has 1 heterocycles. The lowest BCUT2D eigenvalue weighted by Crippen LogP contribution is -2.28. The summed E-state index contributed by atoms with van der Waals surface area (Å²) in [7, 11) is 0. The summed E-state index contributed by atoms with van der Waals surface area (Å²) < 4.78 is 0. The molecule has 1 aliphatic rings. The second-order valence-corrected chi connectivity index (χ2v) is 2.46. The van der Waals surface area contributed by atoms with Crippen LogP contribution in [0.4, 0.5) is 4.79 Å². The zero-order valence-corrected chi connectivity index (χ0v) is 6.21. The maximum atomic E-state index is 10.2. The van der Waals surface area contributed by atoms with Crippen molar-refractivity contribution in [3.8, 4) is 0 Å². The van der Waals surface area contributed by atoms with E-state index in [0.717, 1.165) is 19.4 Å². The summed E-state index contributed by atoms with van der Waals surface area (Å²) in [5, 5.41) is 6.83. The lowest BCUT2D eigenvalue weighted by atomic mass is 10.2. The molecule has 0 bridgehead atoms. The predicted molar refractivity (Wildman–Crippen MR) is 42.2 cm³/mol. The average Bonchev–Trinajstić information content (AvgIpc) is 2.39. The lowest BCUT2D eigenvalue weighted by molar-refractivity contribution is 0.249. The van der Waals surface area contributed by atoms with Gasteiger partial charge in [0.25, 0.3) is 0 Å². The standard InChI is InChI=1S/C6H12N4O/c7-6(11)10-9-4-5-2-1-3-8-5/h4-5,8H,1-3H2,(H3,7,10,11)/t5-/m1/s1. The fraction of sp³-hybridized carbons (Fsp3) is 0.667. The van der Waals surface area contributed by atoms with Gasteiger partial charge in [-0.25, -0.2) is 10.2 Å². The summed E-state index contributed by atoms with van der Waals surface area (Å²) in [5.74, 6) is 0. The number of urea groups is 1. The normalized spacial score (nSPS) is 24.2. The monoisotopic (exact) mass is 156 g/mol. The summed E-state index contributed by atoms with van der Waals surface area (Å²) in [5.41, 5.74) is 6.93. The fourth-order valence-electron chi connectivity index (χ4n) is 1.03. The van der Waals surface area contributed by atoms with Crippen molar-refractivity contribution in [2.24, 2.45) is 10.8 Å². The molecule has 0 unspecified atom stereocenters. The maximum absolute atomic E-state index is 10.2. The van der Waals surface area contributed by atoms with Gasteiger partial charge in [-0.05, 0) is 19.4 Å². The van der Waals surface area contributed by atoms with Crippen molar-refractivity contribution in [1.82, 2.24) is 10.7 Å². The van der Waals surface area contributed by atoms with E-state index in [2.05, 4.69) is 15.8 Å². The molecule has 2 amide bonds. The van der Waals surface area contributed by atoms with Crippen LogP contribution < -0.4 is 16.5 Å². The van der Waals surface area contributed by atoms with Crippen LogP contribution in [0.5, 0.6) is 0 Å². The number of nitrogens with two attached hydrogens (primary N) is 1. The van der Waals surface area contributed by atoms with Crippen molar-refractivity contribution in [1.29, 1.82) is 0 Å². The summed E-state index contributed by atoms with van der Waals surface area (Å²) >= 11 is 0. The molecule has 0 aromatic heterocycles. The summed E-state index contributed by atoms with van der Waals surface area (Å²) in [4.78, 5) is 10.2. The third-order valence-corrected chi connectivity index (χ3v) is 1.53. The quantitative estimate of drug-likeness (QED) is 0.368. The number of amides is 2. The Labute approximate surface area is 65.0 Å². The Morgan fingerprint density at radius 1 is 1.82 bits per heavy atom. The van der Waals surface area contributed by atoms with E-state index in [1.807, 2.05) is 0 Å². The van der Waals surface area contributed by atoms with E-state index in [4.69, 9.17) is 5.73 Å². The topological polar surface area (TPSA) is 79.5 Å².